The molecule has 0 saturated carbocycles. The zero-order chi connectivity index (χ0) is 7.23. The van der Waals surface area contributed by atoms with E-state index >= 15 is 0 Å². The van der Waals surface area contributed by atoms with Crippen molar-refractivity contribution in [3.8, 4) is 0 Å². The van der Waals surface area contributed by atoms with Crippen LogP contribution in [0.4, 0.5) is 0 Å². The minimum Gasteiger partial charge on any atom is -0.343 e. The summed E-state index contributed by atoms with van der Waals surface area (Å²) in [4.78, 5) is 0. The summed E-state index contributed by atoms with van der Waals surface area (Å²) in [5.74, 6) is 0. The van der Waals surface area contributed by atoms with E-state index in [2.05, 4.69) is 31.2 Å². The van der Waals surface area contributed by atoms with Crippen molar-refractivity contribution in [3.05, 3.63) is 42.8 Å². The van der Waals surface area contributed by atoms with E-state index in [1.807, 2.05) is 6.07 Å². The monoisotopic (exact) mass is 222 g/mol. The van der Waals surface area contributed by atoms with Gasteiger partial charge in [-0.15, -0.1) is 0 Å². The van der Waals surface area contributed by atoms with Crippen LogP contribution >= 0.6 is 0 Å². The van der Waals surface area contributed by atoms with E-state index in [4.69, 9.17) is 0 Å². The zero-order valence-electron chi connectivity index (χ0n) is 6.79. The molecule has 0 bridgehead atoms. The van der Waals surface area contributed by atoms with Crippen LogP contribution in [-0.4, -0.2) is 0 Å². The first-order chi connectivity index (χ1) is 4.93. The number of benzene rings is 1. The Labute approximate surface area is 94.3 Å². The minimum absolute atomic E-state index is 0. The first-order valence-electron chi connectivity index (χ1n) is 3.76. The molecule has 0 aromatic heterocycles. The van der Waals surface area contributed by atoms with E-state index in [0.717, 1.165) is 6.42 Å². The van der Waals surface area contributed by atoms with Crippen LogP contribution in [-0.2, 0) is 39.1 Å². The molecule has 1 rings (SSSR count). The second kappa shape index (κ2) is 7.00. The van der Waals surface area contributed by atoms with Crippen LogP contribution in [0.2, 0.25) is 0 Å². The van der Waals surface area contributed by atoms with Gasteiger partial charge in [-0.05, 0) is 12.0 Å². The van der Waals surface area contributed by atoms with Gasteiger partial charge >= 0.3 is 0 Å². The molecule has 0 saturated heterocycles. The summed E-state index contributed by atoms with van der Waals surface area (Å²) < 4.78 is 0. The molecule has 0 fully saturated rings. The first kappa shape index (κ1) is 11.3. The fraction of sp³-hybridized carbons (Fsp3) is 0.300. The third kappa shape index (κ3) is 4.71. The van der Waals surface area contributed by atoms with E-state index in [1.165, 1.54) is 18.4 Å². The summed E-state index contributed by atoms with van der Waals surface area (Å²) >= 11 is 0. The SMILES string of the molecule is [CH2-]CCCc1ccccc1.[Y]. The molecule has 1 radical (unpaired) electrons. The van der Waals surface area contributed by atoms with E-state index in [-0.39, 0.29) is 32.7 Å². The van der Waals surface area contributed by atoms with Crippen molar-refractivity contribution in [2.24, 2.45) is 0 Å². The summed E-state index contributed by atoms with van der Waals surface area (Å²) in [5.41, 5.74) is 1.42. The van der Waals surface area contributed by atoms with E-state index in [0.29, 0.717) is 0 Å². The fourth-order valence-electron chi connectivity index (χ4n) is 0.974. The second-order valence-electron chi connectivity index (χ2n) is 2.44. The average Bonchev–Trinajstić information content (AvgIpc) is 2.03. The predicted molar refractivity (Wildman–Crippen MR) is 44.7 cm³/mol. The Bertz CT molecular complexity index is 169. The molecule has 0 nitrogen and oxygen atoms in total. The van der Waals surface area contributed by atoms with Gasteiger partial charge in [0.2, 0.25) is 0 Å². The third-order valence-corrected chi connectivity index (χ3v) is 1.56. The molecule has 0 atom stereocenters. The van der Waals surface area contributed by atoms with Gasteiger partial charge in [-0.25, -0.2) is 0 Å². The third-order valence-electron chi connectivity index (χ3n) is 1.56. The molecule has 0 aliphatic heterocycles. The maximum atomic E-state index is 3.80. The topological polar surface area (TPSA) is 0 Å². The van der Waals surface area contributed by atoms with Crippen LogP contribution in [0.15, 0.2) is 30.3 Å². The van der Waals surface area contributed by atoms with Crippen LogP contribution in [0.3, 0.4) is 0 Å². The number of rotatable bonds is 3. The van der Waals surface area contributed by atoms with Gasteiger partial charge in [-0.2, -0.15) is 6.42 Å². The molecule has 57 valence electrons. The van der Waals surface area contributed by atoms with Crippen molar-refractivity contribution in [2.45, 2.75) is 19.3 Å². The van der Waals surface area contributed by atoms with Crippen LogP contribution in [0.5, 0.6) is 0 Å². The summed E-state index contributed by atoms with van der Waals surface area (Å²) in [6, 6.07) is 10.5. The smallest absolute Gasteiger partial charge is 0 e. The summed E-state index contributed by atoms with van der Waals surface area (Å²) in [6.45, 7) is 3.80. The fourth-order valence-corrected chi connectivity index (χ4v) is 0.974. The maximum Gasteiger partial charge on any atom is 0 e. The molecule has 1 aromatic carbocycles. The molecular formula is C10H13Y-. The predicted octanol–water partition coefficient (Wildman–Crippen LogP) is 2.84. The zero-order valence-corrected chi connectivity index (χ0v) is 9.63. The molecule has 0 unspecified atom stereocenters. The van der Waals surface area contributed by atoms with Gasteiger partial charge in [0.05, 0.1) is 0 Å². The van der Waals surface area contributed by atoms with Crippen LogP contribution < -0.4 is 0 Å². The molecule has 0 aliphatic rings. The van der Waals surface area contributed by atoms with E-state index in [1.54, 1.807) is 0 Å². The van der Waals surface area contributed by atoms with Gasteiger partial charge in [0.25, 0.3) is 0 Å². The van der Waals surface area contributed by atoms with Crippen molar-refractivity contribution in [2.75, 3.05) is 0 Å². The molecule has 0 N–H and O–H groups in total. The molecule has 0 aliphatic carbocycles. The Balaban J connectivity index is 0.000001000. The molecule has 0 spiro atoms. The first-order valence-corrected chi connectivity index (χ1v) is 3.76. The molecule has 0 amide bonds. The largest absolute Gasteiger partial charge is 0.343 e. The molecule has 0 heterocycles. The minimum atomic E-state index is 0. The Hall–Kier alpha value is 0.324. The Morgan fingerprint density at radius 2 is 1.73 bits per heavy atom. The van der Waals surface area contributed by atoms with Crippen LogP contribution in [0, 0.1) is 6.92 Å². The molecule has 11 heavy (non-hydrogen) atoms. The van der Waals surface area contributed by atoms with Crippen LogP contribution in [0.25, 0.3) is 0 Å². The van der Waals surface area contributed by atoms with Gasteiger partial charge in [0.1, 0.15) is 0 Å². The normalized spacial score (nSPS) is 8.82. The van der Waals surface area contributed by atoms with Crippen molar-refractivity contribution in [1.82, 2.24) is 0 Å². The van der Waals surface area contributed by atoms with Crippen molar-refractivity contribution in [3.63, 3.8) is 0 Å². The second-order valence-corrected chi connectivity index (χ2v) is 2.44. The molecule has 1 aromatic rings. The van der Waals surface area contributed by atoms with Gasteiger partial charge in [0.15, 0.2) is 0 Å². The quantitative estimate of drug-likeness (QED) is 0.690. The van der Waals surface area contributed by atoms with Gasteiger partial charge in [-0.3, -0.25) is 0 Å². The molecular weight excluding hydrogens is 209 g/mol. The van der Waals surface area contributed by atoms with Crippen molar-refractivity contribution in [1.29, 1.82) is 0 Å². The van der Waals surface area contributed by atoms with Gasteiger partial charge < -0.3 is 6.92 Å². The molecule has 1 heteroatoms. The van der Waals surface area contributed by atoms with Gasteiger partial charge in [0, 0.05) is 32.7 Å². The number of unbranched alkanes of at least 4 members (excludes halogenated alkanes) is 1. The Kier molecular flexibility index (Phi) is 7.21. The van der Waals surface area contributed by atoms with Crippen molar-refractivity contribution < 1.29 is 32.7 Å². The van der Waals surface area contributed by atoms with E-state index in [9.17, 15) is 0 Å². The van der Waals surface area contributed by atoms with Crippen LogP contribution in [0.1, 0.15) is 18.4 Å². The Morgan fingerprint density at radius 3 is 2.27 bits per heavy atom. The Morgan fingerprint density at radius 1 is 1.09 bits per heavy atom. The maximum absolute atomic E-state index is 3.80. The van der Waals surface area contributed by atoms with E-state index < -0.39 is 0 Å². The number of aryl methyl sites for hydroxylation is 1. The summed E-state index contributed by atoms with van der Waals surface area (Å²) in [6.07, 6.45) is 3.41. The standard InChI is InChI=1S/C10H13.Y/c1-2-3-7-10-8-5-4-6-9-10;/h4-6,8-9H,1-3,7H2;/q-1;. The summed E-state index contributed by atoms with van der Waals surface area (Å²) in [5, 5.41) is 0. The van der Waals surface area contributed by atoms with Gasteiger partial charge in [-0.1, -0.05) is 36.8 Å². The number of hydrogen-bond acceptors (Lipinski definition) is 0. The van der Waals surface area contributed by atoms with Crippen molar-refractivity contribution >= 4 is 0 Å². The average molecular weight is 222 g/mol. The summed E-state index contributed by atoms with van der Waals surface area (Å²) in [7, 11) is 0. The number of hydrogen-bond donors (Lipinski definition) is 0.